The molecule has 3 amide bonds. The van der Waals surface area contributed by atoms with E-state index in [0.29, 0.717) is 28.2 Å². The van der Waals surface area contributed by atoms with Crippen molar-refractivity contribution < 1.29 is 14.4 Å². The number of rotatable bonds is 5. The van der Waals surface area contributed by atoms with Crippen molar-refractivity contribution in [2.24, 2.45) is 0 Å². The van der Waals surface area contributed by atoms with Gasteiger partial charge in [-0.3, -0.25) is 14.4 Å². The van der Waals surface area contributed by atoms with Gasteiger partial charge in [-0.1, -0.05) is 48.5 Å². The minimum absolute atomic E-state index is 0.181. The van der Waals surface area contributed by atoms with Gasteiger partial charge in [0.25, 0.3) is 11.8 Å². The van der Waals surface area contributed by atoms with Crippen molar-refractivity contribution in [2.75, 3.05) is 22.2 Å². The summed E-state index contributed by atoms with van der Waals surface area (Å²) < 4.78 is 0. The van der Waals surface area contributed by atoms with E-state index < -0.39 is 0 Å². The molecule has 0 aromatic heterocycles. The lowest BCUT2D eigenvalue weighted by molar-refractivity contribution is -0.120. The van der Waals surface area contributed by atoms with Crippen LogP contribution in [0.3, 0.4) is 0 Å². The van der Waals surface area contributed by atoms with Gasteiger partial charge in [-0.2, -0.15) is 0 Å². The lowest BCUT2D eigenvalue weighted by Gasteiger charge is -2.22. The van der Waals surface area contributed by atoms with Crippen molar-refractivity contribution in [1.29, 1.82) is 0 Å². The van der Waals surface area contributed by atoms with E-state index in [1.54, 1.807) is 42.3 Å². The molecule has 0 bridgehead atoms. The minimum Gasteiger partial charge on any atom is -0.339 e. The van der Waals surface area contributed by atoms with Crippen molar-refractivity contribution in [2.45, 2.75) is 13.8 Å². The van der Waals surface area contributed by atoms with Crippen molar-refractivity contribution in [3.8, 4) is 0 Å². The van der Waals surface area contributed by atoms with Crippen LogP contribution in [0.5, 0.6) is 0 Å². The molecule has 0 fully saturated rings. The average molecular weight is 425 g/mol. The quantitative estimate of drug-likeness (QED) is 0.616. The van der Waals surface area contributed by atoms with E-state index in [1.807, 2.05) is 55.5 Å². The third kappa shape index (κ3) is 3.78. The van der Waals surface area contributed by atoms with E-state index in [0.717, 1.165) is 11.3 Å². The average Bonchev–Trinajstić information content (AvgIpc) is 3.04. The Balaban J connectivity index is 1.85. The second kappa shape index (κ2) is 8.51. The maximum Gasteiger partial charge on any atom is 0.282 e. The zero-order valence-corrected chi connectivity index (χ0v) is 18.1. The molecule has 0 unspecified atom stereocenters. The van der Waals surface area contributed by atoms with Gasteiger partial charge in [0.05, 0.1) is 11.3 Å². The van der Waals surface area contributed by atoms with Gasteiger partial charge in [0, 0.05) is 25.3 Å². The van der Waals surface area contributed by atoms with Gasteiger partial charge in [0.1, 0.15) is 5.70 Å². The zero-order valence-electron chi connectivity index (χ0n) is 18.1. The topological polar surface area (TPSA) is 69.7 Å². The summed E-state index contributed by atoms with van der Waals surface area (Å²) in [6.07, 6.45) is 0. The van der Waals surface area contributed by atoms with Crippen molar-refractivity contribution in [1.82, 2.24) is 0 Å². The number of imide groups is 1. The standard InChI is InChI=1S/C26H23N3O3/c1-17-9-7-8-12-22(17)29-25(31)23(19-13-15-20(16-14-19)27-18(2)30)24(26(29)32)28(3)21-10-5-4-6-11-21/h4-16H,1-3H3,(H,27,30). The van der Waals surface area contributed by atoms with Gasteiger partial charge in [-0.05, 0) is 48.4 Å². The molecule has 0 saturated heterocycles. The molecule has 1 N–H and O–H groups in total. The summed E-state index contributed by atoms with van der Waals surface area (Å²) in [5.74, 6) is -0.940. The van der Waals surface area contributed by atoms with E-state index in [4.69, 9.17) is 0 Å². The van der Waals surface area contributed by atoms with Crippen LogP contribution in [0.2, 0.25) is 0 Å². The summed E-state index contributed by atoms with van der Waals surface area (Å²) in [6.45, 7) is 3.30. The monoisotopic (exact) mass is 425 g/mol. The molecule has 0 radical (unpaired) electrons. The highest BCUT2D eigenvalue weighted by Gasteiger charge is 2.42. The van der Waals surface area contributed by atoms with Gasteiger partial charge in [0.15, 0.2) is 0 Å². The van der Waals surface area contributed by atoms with Crippen LogP contribution in [0.4, 0.5) is 17.1 Å². The molecule has 0 atom stereocenters. The number of carbonyl (C=O) groups excluding carboxylic acids is 3. The molecule has 32 heavy (non-hydrogen) atoms. The molecular weight excluding hydrogens is 402 g/mol. The Morgan fingerprint density at radius 3 is 2.09 bits per heavy atom. The molecule has 3 aromatic carbocycles. The minimum atomic E-state index is -0.380. The molecule has 6 nitrogen and oxygen atoms in total. The fraction of sp³-hybridized carbons (Fsp3) is 0.115. The zero-order chi connectivity index (χ0) is 22.8. The lowest BCUT2D eigenvalue weighted by atomic mass is 10.0. The SMILES string of the molecule is CC(=O)Nc1ccc(C2=C(N(C)c3ccccc3)C(=O)N(c3ccccc3C)C2=O)cc1. The van der Waals surface area contributed by atoms with Crippen molar-refractivity contribution in [3.05, 3.63) is 95.7 Å². The predicted octanol–water partition coefficient (Wildman–Crippen LogP) is 4.37. The molecule has 0 spiro atoms. The largest absolute Gasteiger partial charge is 0.339 e. The highest BCUT2D eigenvalue weighted by atomic mass is 16.2. The van der Waals surface area contributed by atoms with Crippen LogP contribution in [0.15, 0.2) is 84.6 Å². The van der Waals surface area contributed by atoms with Crippen LogP contribution in [0.1, 0.15) is 18.1 Å². The van der Waals surface area contributed by atoms with Crippen LogP contribution < -0.4 is 15.1 Å². The first-order chi connectivity index (χ1) is 15.4. The first kappa shape index (κ1) is 21.1. The number of para-hydroxylation sites is 2. The number of likely N-dealkylation sites (N-methyl/N-ethyl adjacent to an activating group) is 1. The Bertz CT molecular complexity index is 1230. The number of nitrogens with zero attached hydrogens (tertiary/aromatic N) is 2. The molecule has 1 aliphatic rings. The van der Waals surface area contributed by atoms with Gasteiger partial charge < -0.3 is 10.2 Å². The fourth-order valence-corrected chi connectivity index (χ4v) is 3.83. The molecule has 0 saturated carbocycles. The molecule has 4 rings (SSSR count). The van der Waals surface area contributed by atoms with Crippen molar-refractivity contribution >= 4 is 40.4 Å². The summed E-state index contributed by atoms with van der Waals surface area (Å²) in [5.41, 5.74) is 4.03. The van der Waals surface area contributed by atoms with Gasteiger partial charge in [0.2, 0.25) is 5.91 Å². The maximum atomic E-state index is 13.6. The Hall–Kier alpha value is -4.19. The summed E-state index contributed by atoms with van der Waals surface area (Å²) in [5, 5.41) is 2.72. The number of benzene rings is 3. The van der Waals surface area contributed by atoms with Gasteiger partial charge in [-0.15, -0.1) is 0 Å². The summed E-state index contributed by atoms with van der Waals surface area (Å²) in [7, 11) is 1.78. The van der Waals surface area contributed by atoms with E-state index >= 15 is 0 Å². The summed E-state index contributed by atoms with van der Waals surface area (Å²) in [4.78, 5) is 41.6. The number of aryl methyl sites for hydroxylation is 1. The normalized spacial score (nSPS) is 13.5. The molecule has 160 valence electrons. The smallest absolute Gasteiger partial charge is 0.282 e. The Morgan fingerprint density at radius 2 is 1.47 bits per heavy atom. The highest BCUT2D eigenvalue weighted by Crippen LogP contribution is 2.37. The van der Waals surface area contributed by atoms with Crippen molar-refractivity contribution in [3.63, 3.8) is 0 Å². The number of nitrogens with one attached hydrogen (secondary N) is 1. The number of hydrogen-bond donors (Lipinski definition) is 1. The highest BCUT2D eigenvalue weighted by molar-refractivity contribution is 6.46. The van der Waals surface area contributed by atoms with Crippen LogP contribution >= 0.6 is 0 Å². The van der Waals surface area contributed by atoms with Crippen LogP contribution in [0, 0.1) is 6.92 Å². The lowest BCUT2D eigenvalue weighted by Crippen LogP contribution is -2.34. The van der Waals surface area contributed by atoms with Crippen LogP contribution in [0.25, 0.3) is 5.57 Å². The van der Waals surface area contributed by atoms with E-state index in [2.05, 4.69) is 5.32 Å². The first-order valence-electron chi connectivity index (χ1n) is 10.2. The third-order valence-corrected chi connectivity index (χ3v) is 5.39. The molecular formula is C26H23N3O3. The molecule has 6 heteroatoms. The molecule has 1 aliphatic heterocycles. The number of amides is 3. The Kier molecular flexibility index (Phi) is 5.60. The van der Waals surface area contributed by atoms with Gasteiger partial charge in [-0.25, -0.2) is 4.90 Å². The number of hydrogen-bond acceptors (Lipinski definition) is 4. The summed E-state index contributed by atoms with van der Waals surface area (Å²) >= 11 is 0. The fourth-order valence-electron chi connectivity index (χ4n) is 3.83. The number of anilines is 3. The number of carbonyl (C=O) groups is 3. The molecule has 3 aromatic rings. The van der Waals surface area contributed by atoms with Crippen LogP contribution in [-0.2, 0) is 14.4 Å². The van der Waals surface area contributed by atoms with Crippen LogP contribution in [-0.4, -0.2) is 24.8 Å². The maximum absolute atomic E-state index is 13.6. The first-order valence-corrected chi connectivity index (χ1v) is 10.2. The Morgan fingerprint density at radius 1 is 0.844 bits per heavy atom. The second-order valence-corrected chi connectivity index (χ2v) is 7.61. The summed E-state index contributed by atoms with van der Waals surface area (Å²) in [6, 6.07) is 23.7. The Labute approximate surface area is 186 Å². The second-order valence-electron chi connectivity index (χ2n) is 7.61. The van der Waals surface area contributed by atoms with Gasteiger partial charge >= 0.3 is 0 Å². The third-order valence-electron chi connectivity index (χ3n) is 5.39. The molecule has 0 aliphatic carbocycles. The molecule has 1 heterocycles. The van der Waals surface area contributed by atoms with E-state index in [9.17, 15) is 14.4 Å². The predicted molar refractivity (Wildman–Crippen MR) is 126 cm³/mol. The van der Waals surface area contributed by atoms with E-state index in [1.165, 1.54) is 11.8 Å². The van der Waals surface area contributed by atoms with E-state index in [-0.39, 0.29) is 17.7 Å².